The standard InChI is InChI=1S/C19H20N2O2/c1-14-7-8-18(23-2)16(13-14)20-19(22)10-12-21-11-9-15-5-3-4-6-17(15)21/h3-9,11,13H,10,12H2,1-2H3,(H,20,22). The Morgan fingerprint density at radius 1 is 1.17 bits per heavy atom. The minimum atomic E-state index is -0.0216. The lowest BCUT2D eigenvalue weighted by atomic mass is 10.2. The highest BCUT2D eigenvalue weighted by Gasteiger charge is 2.09. The maximum absolute atomic E-state index is 12.2. The molecule has 1 aromatic heterocycles. The van der Waals surface area contributed by atoms with Crippen LogP contribution in [0.2, 0.25) is 0 Å². The van der Waals surface area contributed by atoms with Crippen LogP contribution in [0.1, 0.15) is 12.0 Å². The highest BCUT2D eigenvalue weighted by Crippen LogP contribution is 2.25. The number of carbonyl (C=O) groups excluding carboxylic acids is 1. The lowest BCUT2D eigenvalue weighted by Crippen LogP contribution is -2.15. The number of benzene rings is 2. The van der Waals surface area contributed by atoms with Gasteiger partial charge in [0.05, 0.1) is 12.8 Å². The van der Waals surface area contributed by atoms with Crippen LogP contribution in [-0.4, -0.2) is 17.6 Å². The van der Waals surface area contributed by atoms with Gasteiger partial charge >= 0.3 is 0 Å². The Kier molecular flexibility index (Phi) is 4.33. The number of aryl methyl sites for hydroxylation is 2. The molecule has 0 bridgehead atoms. The molecule has 0 spiro atoms. The first-order valence-electron chi connectivity index (χ1n) is 7.66. The number of amides is 1. The molecule has 4 heteroatoms. The van der Waals surface area contributed by atoms with Gasteiger partial charge < -0.3 is 14.6 Å². The summed E-state index contributed by atoms with van der Waals surface area (Å²) in [5.74, 6) is 0.655. The highest BCUT2D eigenvalue weighted by molar-refractivity contribution is 5.92. The Morgan fingerprint density at radius 3 is 2.83 bits per heavy atom. The number of nitrogens with one attached hydrogen (secondary N) is 1. The second-order valence-corrected chi connectivity index (χ2v) is 5.57. The summed E-state index contributed by atoms with van der Waals surface area (Å²) < 4.78 is 7.39. The van der Waals surface area contributed by atoms with E-state index in [1.165, 1.54) is 5.39 Å². The van der Waals surface area contributed by atoms with Crippen LogP contribution >= 0.6 is 0 Å². The molecule has 118 valence electrons. The predicted octanol–water partition coefficient (Wildman–Crippen LogP) is 3.99. The van der Waals surface area contributed by atoms with Crippen LogP contribution < -0.4 is 10.1 Å². The number of carbonyl (C=O) groups is 1. The predicted molar refractivity (Wildman–Crippen MR) is 92.9 cm³/mol. The molecule has 23 heavy (non-hydrogen) atoms. The topological polar surface area (TPSA) is 43.3 Å². The zero-order valence-electron chi connectivity index (χ0n) is 13.4. The first-order valence-corrected chi connectivity index (χ1v) is 7.66. The molecule has 3 aromatic rings. The van der Waals surface area contributed by atoms with Crippen molar-refractivity contribution in [1.29, 1.82) is 0 Å². The van der Waals surface area contributed by atoms with Gasteiger partial charge in [-0.15, -0.1) is 0 Å². The summed E-state index contributed by atoms with van der Waals surface area (Å²) in [5, 5.41) is 4.12. The Morgan fingerprint density at radius 2 is 2.00 bits per heavy atom. The number of aromatic nitrogens is 1. The lowest BCUT2D eigenvalue weighted by molar-refractivity contribution is -0.116. The van der Waals surface area contributed by atoms with E-state index in [-0.39, 0.29) is 5.91 Å². The monoisotopic (exact) mass is 308 g/mol. The molecule has 0 saturated carbocycles. The Bertz CT molecular complexity index is 836. The maximum Gasteiger partial charge on any atom is 0.226 e. The molecule has 1 N–H and O–H groups in total. The minimum Gasteiger partial charge on any atom is -0.495 e. The van der Waals surface area contributed by atoms with Gasteiger partial charge in [0.2, 0.25) is 5.91 Å². The summed E-state index contributed by atoms with van der Waals surface area (Å²) in [6.07, 6.45) is 2.43. The fourth-order valence-electron chi connectivity index (χ4n) is 2.69. The van der Waals surface area contributed by atoms with Crippen molar-refractivity contribution in [2.45, 2.75) is 19.9 Å². The summed E-state index contributed by atoms with van der Waals surface area (Å²) in [6, 6.07) is 16.0. The van der Waals surface area contributed by atoms with E-state index in [9.17, 15) is 4.79 Å². The average molecular weight is 308 g/mol. The van der Waals surface area contributed by atoms with Crippen molar-refractivity contribution in [2.75, 3.05) is 12.4 Å². The number of rotatable bonds is 5. The van der Waals surface area contributed by atoms with Gasteiger partial charge in [-0.3, -0.25) is 4.79 Å². The van der Waals surface area contributed by atoms with Crippen LogP contribution in [0.25, 0.3) is 10.9 Å². The Labute approximate surface area is 135 Å². The number of nitrogens with zero attached hydrogens (tertiary/aromatic N) is 1. The van der Waals surface area contributed by atoms with E-state index in [4.69, 9.17) is 4.74 Å². The third-order valence-corrected chi connectivity index (χ3v) is 3.89. The summed E-state index contributed by atoms with van der Waals surface area (Å²) in [5.41, 5.74) is 2.95. The van der Waals surface area contributed by atoms with Gasteiger partial charge in [-0.05, 0) is 42.1 Å². The van der Waals surface area contributed by atoms with E-state index in [1.54, 1.807) is 7.11 Å². The zero-order chi connectivity index (χ0) is 16.2. The van der Waals surface area contributed by atoms with Gasteiger partial charge in [-0.1, -0.05) is 24.3 Å². The normalized spacial score (nSPS) is 10.7. The quantitative estimate of drug-likeness (QED) is 0.774. The van der Waals surface area contributed by atoms with Crippen molar-refractivity contribution in [2.24, 2.45) is 0 Å². The molecule has 0 aliphatic rings. The van der Waals surface area contributed by atoms with Crippen molar-refractivity contribution in [3.05, 3.63) is 60.3 Å². The van der Waals surface area contributed by atoms with E-state index in [1.807, 2.05) is 43.5 Å². The molecular weight excluding hydrogens is 288 g/mol. The van der Waals surface area contributed by atoms with Crippen LogP contribution in [0, 0.1) is 6.92 Å². The van der Waals surface area contributed by atoms with Gasteiger partial charge in [0.15, 0.2) is 0 Å². The molecule has 0 fully saturated rings. The number of fused-ring (bicyclic) bond motifs is 1. The fraction of sp³-hybridized carbons (Fsp3) is 0.211. The second-order valence-electron chi connectivity index (χ2n) is 5.57. The molecule has 2 aromatic carbocycles. The highest BCUT2D eigenvalue weighted by atomic mass is 16.5. The Hall–Kier alpha value is -2.75. The molecule has 3 rings (SSSR count). The molecule has 0 saturated heterocycles. The smallest absolute Gasteiger partial charge is 0.226 e. The minimum absolute atomic E-state index is 0.0216. The third kappa shape index (κ3) is 3.37. The van der Waals surface area contributed by atoms with Crippen LogP contribution in [0.4, 0.5) is 5.69 Å². The van der Waals surface area contributed by atoms with Crippen LogP contribution in [-0.2, 0) is 11.3 Å². The number of anilines is 1. The van der Waals surface area contributed by atoms with Crippen LogP contribution in [0.3, 0.4) is 0 Å². The molecule has 0 atom stereocenters. The molecule has 0 radical (unpaired) electrons. The van der Waals surface area contributed by atoms with Gasteiger partial charge in [0, 0.05) is 24.7 Å². The largest absolute Gasteiger partial charge is 0.495 e. The van der Waals surface area contributed by atoms with Crippen molar-refractivity contribution >= 4 is 22.5 Å². The van der Waals surface area contributed by atoms with Crippen molar-refractivity contribution in [1.82, 2.24) is 4.57 Å². The van der Waals surface area contributed by atoms with Gasteiger partial charge in [0.25, 0.3) is 0 Å². The Balaban J connectivity index is 1.67. The number of hydrogen-bond donors (Lipinski definition) is 1. The van der Waals surface area contributed by atoms with E-state index in [2.05, 4.69) is 28.1 Å². The second kappa shape index (κ2) is 6.57. The van der Waals surface area contributed by atoms with Gasteiger partial charge in [0.1, 0.15) is 5.75 Å². The molecular formula is C19H20N2O2. The number of methoxy groups -OCH3 is 1. The van der Waals surface area contributed by atoms with E-state index in [0.717, 1.165) is 16.8 Å². The maximum atomic E-state index is 12.2. The van der Waals surface area contributed by atoms with Crippen molar-refractivity contribution in [3.63, 3.8) is 0 Å². The number of para-hydroxylation sites is 1. The summed E-state index contributed by atoms with van der Waals surface area (Å²) in [7, 11) is 1.60. The molecule has 0 aliphatic carbocycles. The zero-order valence-corrected chi connectivity index (χ0v) is 13.4. The number of ether oxygens (including phenoxy) is 1. The van der Waals surface area contributed by atoms with Gasteiger partial charge in [-0.2, -0.15) is 0 Å². The first-order chi connectivity index (χ1) is 11.2. The lowest BCUT2D eigenvalue weighted by Gasteiger charge is -2.11. The summed E-state index contributed by atoms with van der Waals surface area (Å²) >= 11 is 0. The van der Waals surface area contributed by atoms with Crippen molar-refractivity contribution in [3.8, 4) is 5.75 Å². The van der Waals surface area contributed by atoms with E-state index < -0.39 is 0 Å². The summed E-state index contributed by atoms with van der Waals surface area (Å²) in [6.45, 7) is 2.63. The van der Waals surface area contributed by atoms with E-state index >= 15 is 0 Å². The first kappa shape index (κ1) is 15.2. The molecule has 0 aliphatic heterocycles. The molecule has 0 unspecified atom stereocenters. The molecule has 1 heterocycles. The van der Waals surface area contributed by atoms with Gasteiger partial charge in [-0.25, -0.2) is 0 Å². The third-order valence-electron chi connectivity index (χ3n) is 3.89. The van der Waals surface area contributed by atoms with E-state index in [0.29, 0.717) is 18.7 Å². The van der Waals surface area contributed by atoms with Crippen molar-refractivity contribution < 1.29 is 9.53 Å². The molecule has 1 amide bonds. The summed E-state index contributed by atoms with van der Waals surface area (Å²) in [4.78, 5) is 12.2. The SMILES string of the molecule is COc1ccc(C)cc1NC(=O)CCn1ccc2ccccc21. The average Bonchev–Trinajstić information content (AvgIpc) is 2.96. The number of hydrogen-bond acceptors (Lipinski definition) is 2. The molecule has 4 nitrogen and oxygen atoms in total. The van der Waals surface area contributed by atoms with Crippen LogP contribution in [0.15, 0.2) is 54.7 Å². The van der Waals surface area contributed by atoms with Crippen LogP contribution in [0.5, 0.6) is 5.75 Å². The fourth-order valence-corrected chi connectivity index (χ4v) is 2.69.